The van der Waals surface area contributed by atoms with Crippen molar-refractivity contribution in [2.45, 2.75) is 25.7 Å². The third kappa shape index (κ3) is 4.92. The second-order valence-electron chi connectivity index (χ2n) is 5.61. The summed E-state index contributed by atoms with van der Waals surface area (Å²) in [6.45, 7) is 5.52. The van der Waals surface area contributed by atoms with Gasteiger partial charge in [0.15, 0.2) is 0 Å². The number of hydrogen-bond acceptors (Lipinski definition) is 3. The molecule has 0 radical (unpaired) electrons. The van der Waals surface area contributed by atoms with Crippen LogP contribution in [-0.2, 0) is 14.9 Å². The van der Waals surface area contributed by atoms with Crippen LogP contribution in [0.4, 0.5) is 0 Å². The maximum absolute atomic E-state index is 12.3. The first-order chi connectivity index (χ1) is 9.03. The fraction of sp³-hybridized carbons (Fsp3) is 0.500. The Morgan fingerprint density at radius 1 is 1.15 bits per heavy atom. The normalized spacial score (nSPS) is 13.5. The number of benzene rings is 1. The molecule has 0 aliphatic rings. The highest BCUT2D eigenvalue weighted by atomic mass is 32.3. The van der Waals surface area contributed by atoms with Gasteiger partial charge >= 0.3 is 10.1 Å². The minimum atomic E-state index is -3.70. The van der Waals surface area contributed by atoms with Gasteiger partial charge in [0, 0.05) is 18.4 Å². The number of carbonyl (C=O) groups excluding carboxylic acids is 1. The number of aryl methyl sites for hydroxylation is 1. The van der Waals surface area contributed by atoms with Gasteiger partial charge in [0.25, 0.3) is 0 Å². The number of carbonyl (C=O) groups is 1. The summed E-state index contributed by atoms with van der Waals surface area (Å²) in [6.07, 6.45) is 3.50. The maximum atomic E-state index is 12.3. The molecule has 0 atom stereocenters. The minimum absolute atomic E-state index is 0.0489. The predicted molar refractivity (Wildman–Crippen MR) is 85.1 cm³/mol. The summed E-state index contributed by atoms with van der Waals surface area (Å²) in [6, 6.07) is 6.58. The van der Waals surface area contributed by atoms with Crippen molar-refractivity contribution in [1.82, 2.24) is 0 Å². The molecule has 0 fully saturated rings. The van der Waals surface area contributed by atoms with E-state index in [-0.39, 0.29) is 22.3 Å². The molecule has 0 unspecified atom stereocenters. The van der Waals surface area contributed by atoms with Crippen LogP contribution in [0.3, 0.4) is 0 Å². The van der Waals surface area contributed by atoms with Crippen LogP contribution >= 0.6 is 10.3 Å². The summed E-state index contributed by atoms with van der Waals surface area (Å²) < 4.78 is 28.5. The number of Topliss-reactive ketones (excluding diaryl/α,β-unsaturated/α-hetero) is 1. The molecule has 0 saturated carbocycles. The van der Waals surface area contributed by atoms with E-state index in [4.69, 9.17) is 0 Å². The van der Waals surface area contributed by atoms with Crippen molar-refractivity contribution in [2.24, 2.45) is 5.92 Å². The van der Waals surface area contributed by atoms with Crippen molar-refractivity contribution in [3.05, 3.63) is 29.8 Å². The molecule has 4 nitrogen and oxygen atoms in total. The SMILES string of the molecule is Cc1ccc(S(=O)(=O)[OH+]S(C)(C)CC(=O)C(C)C)cc1. The summed E-state index contributed by atoms with van der Waals surface area (Å²) in [5.74, 6) is 0.155. The Labute approximate surface area is 123 Å². The first kappa shape index (κ1) is 17.2. The van der Waals surface area contributed by atoms with E-state index in [2.05, 4.69) is 3.63 Å². The van der Waals surface area contributed by atoms with Crippen molar-refractivity contribution in [3.8, 4) is 0 Å². The lowest BCUT2D eigenvalue weighted by Gasteiger charge is -2.25. The van der Waals surface area contributed by atoms with E-state index in [0.717, 1.165) is 5.56 Å². The second-order valence-corrected chi connectivity index (χ2v) is 10.9. The van der Waals surface area contributed by atoms with Crippen LogP contribution in [0.25, 0.3) is 0 Å². The van der Waals surface area contributed by atoms with Crippen molar-refractivity contribution in [2.75, 3.05) is 18.3 Å². The van der Waals surface area contributed by atoms with Crippen LogP contribution in [0, 0.1) is 12.8 Å². The summed E-state index contributed by atoms with van der Waals surface area (Å²) in [5.41, 5.74) is 0.991. The Hall–Kier alpha value is -0.850. The van der Waals surface area contributed by atoms with Gasteiger partial charge < -0.3 is 0 Å². The van der Waals surface area contributed by atoms with Crippen molar-refractivity contribution in [1.29, 1.82) is 0 Å². The van der Waals surface area contributed by atoms with Crippen molar-refractivity contribution >= 4 is 26.2 Å². The quantitative estimate of drug-likeness (QED) is 0.598. The monoisotopic (exact) mass is 319 g/mol. The molecule has 0 amide bonds. The molecule has 0 saturated heterocycles. The van der Waals surface area contributed by atoms with E-state index >= 15 is 0 Å². The molecular formula is C14H23O4S2+. The fourth-order valence-electron chi connectivity index (χ4n) is 1.56. The topological polar surface area (TPSA) is 64.0 Å². The number of hydrogen-bond donors (Lipinski definition) is 0. The van der Waals surface area contributed by atoms with Gasteiger partial charge in [-0.2, -0.15) is 0 Å². The van der Waals surface area contributed by atoms with E-state index in [0.29, 0.717) is 0 Å². The van der Waals surface area contributed by atoms with Crippen LogP contribution < -0.4 is 0 Å². The molecule has 114 valence electrons. The zero-order chi connectivity index (χ0) is 15.6. The molecule has 0 spiro atoms. The van der Waals surface area contributed by atoms with Crippen molar-refractivity contribution in [3.63, 3.8) is 0 Å². The molecule has 1 aromatic carbocycles. The number of rotatable bonds is 6. The average molecular weight is 319 g/mol. The van der Waals surface area contributed by atoms with Gasteiger partial charge in [0.2, 0.25) is 0 Å². The van der Waals surface area contributed by atoms with E-state index in [9.17, 15) is 13.2 Å². The fourth-order valence-corrected chi connectivity index (χ4v) is 5.75. The molecule has 1 N–H and O–H groups in total. The minimum Gasteiger partial charge on any atom is -0.298 e. The Morgan fingerprint density at radius 3 is 2.10 bits per heavy atom. The summed E-state index contributed by atoms with van der Waals surface area (Å²) >= 11 is 0. The molecule has 1 rings (SSSR count). The Morgan fingerprint density at radius 2 is 1.65 bits per heavy atom. The standard InChI is InChI=1S/C14H22O4S2/c1-11(2)14(15)10-19(4,5)18-20(16,17)13-8-6-12(3)7-9-13/h6-9,11H,10H2,1-5H3/p+1. The zero-order valence-electron chi connectivity index (χ0n) is 12.6. The van der Waals surface area contributed by atoms with Crippen LogP contribution in [0.5, 0.6) is 0 Å². The lowest BCUT2D eigenvalue weighted by atomic mass is 10.1. The molecule has 0 aliphatic heterocycles. The highest BCUT2D eigenvalue weighted by Gasteiger charge is 2.32. The maximum Gasteiger partial charge on any atom is 0.421 e. The van der Waals surface area contributed by atoms with Crippen LogP contribution in [0.2, 0.25) is 0 Å². The average Bonchev–Trinajstić information content (AvgIpc) is 2.26. The first-order valence-electron chi connectivity index (χ1n) is 6.33. The highest BCUT2D eigenvalue weighted by molar-refractivity contribution is 8.31. The van der Waals surface area contributed by atoms with Crippen LogP contribution in [0.1, 0.15) is 19.4 Å². The summed E-state index contributed by atoms with van der Waals surface area (Å²) in [7, 11) is -5.55. The van der Waals surface area contributed by atoms with E-state index in [1.807, 2.05) is 20.8 Å². The van der Waals surface area contributed by atoms with Crippen LogP contribution in [0.15, 0.2) is 29.2 Å². The van der Waals surface area contributed by atoms with Gasteiger partial charge in [0.1, 0.15) is 10.7 Å². The molecule has 0 aromatic heterocycles. The molecule has 20 heavy (non-hydrogen) atoms. The molecule has 6 heteroatoms. The largest absolute Gasteiger partial charge is 0.421 e. The Balaban J connectivity index is 2.90. The summed E-state index contributed by atoms with van der Waals surface area (Å²) in [4.78, 5) is 12.0. The molecule has 0 bridgehead atoms. The van der Waals surface area contributed by atoms with Gasteiger partial charge in [-0.1, -0.05) is 31.5 Å². The van der Waals surface area contributed by atoms with Gasteiger partial charge in [-0.25, -0.2) is 0 Å². The molecule has 0 heterocycles. The van der Waals surface area contributed by atoms with Gasteiger partial charge in [-0.15, -0.1) is 8.42 Å². The first-order valence-corrected chi connectivity index (χ1v) is 10.3. The molecule has 1 aromatic rings. The van der Waals surface area contributed by atoms with E-state index in [1.54, 1.807) is 36.8 Å². The van der Waals surface area contributed by atoms with E-state index < -0.39 is 20.4 Å². The molecular weight excluding hydrogens is 296 g/mol. The second kappa shape index (κ2) is 6.28. The lowest BCUT2D eigenvalue weighted by Crippen LogP contribution is -2.23. The van der Waals surface area contributed by atoms with Gasteiger partial charge in [-0.05, 0) is 29.4 Å². The Kier molecular flexibility index (Phi) is 5.40. The lowest BCUT2D eigenvalue weighted by molar-refractivity contribution is -0.119. The predicted octanol–water partition coefficient (Wildman–Crippen LogP) is 2.98. The van der Waals surface area contributed by atoms with Gasteiger partial charge in [-0.3, -0.25) is 8.42 Å². The summed E-state index contributed by atoms with van der Waals surface area (Å²) in [5, 5.41) is 0. The Bertz CT molecular complexity index is 572. The smallest absolute Gasteiger partial charge is 0.298 e. The molecule has 0 aliphatic carbocycles. The van der Waals surface area contributed by atoms with E-state index in [1.165, 1.54) is 0 Å². The van der Waals surface area contributed by atoms with Gasteiger partial charge in [0.05, 0.1) is 5.75 Å². The van der Waals surface area contributed by atoms with Crippen LogP contribution in [-0.4, -0.2) is 36.1 Å². The number of ketones is 1. The van der Waals surface area contributed by atoms with Crippen molar-refractivity contribution < 1.29 is 16.8 Å². The zero-order valence-corrected chi connectivity index (χ0v) is 14.2. The third-order valence-electron chi connectivity index (χ3n) is 2.76. The third-order valence-corrected chi connectivity index (χ3v) is 7.02. The highest BCUT2D eigenvalue weighted by Crippen LogP contribution is 2.41.